The Balaban J connectivity index is 2.10. The van der Waals surface area contributed by atoms with E-state index in [1.807, 2.05) is 19.1 Å². The van der Waals surface area contributed by atoms with Gasteiger partial charge in [0.15, 0.2) is 5.82 Å². The van der Waals surface area contributed by atoms with Gasteiger partial charge in [0.2, 0.25) is 0 Å². The lowest BCUT2D eigenvalue weighted by atomic mass is 10.2. The highest BCUT2D eigenvalue weighted by atomic mass is 35.5. The molecule has 0 spiro atoms. The minimum Gasteiger partial charge on any atom is -0.385 e. The van der Waals surface area contributed by atoms with Gasteiger partial charge in [-0.3, -0.25) is 4.79 Å². The number of halogens is 1. The van der Waals surface area contributed by atoms with Gasteiger partial charge in [-0.2, -0.15) is 0 Å². The number of carbonyl (C=O) groups is 1. The zero-order chi connectivity index (χ0) is 13.7. The number of benzene rings is 1. The fourth-order valence-corrected chi connectivity index (χ4v) is 1.77. The number of aromatic nitrogens is 1. The third kappa shape index (κ3) is 3.45. The second kappa shape index (κ2) is 6.20. The van der Waals surface area contributed by atoms with Gasteiger partial charge in [-0.15, -0.1) is 0 Å². The summed E-state index contributed by atoms with van der Waals surface area (Å²) in [5.74, 6) is 0.133. The monoisotopic (exact) mass is 275 g/mol. The molecule has 0 aliphatic carbocycles. The Bertz CT molecular complexity index is 569. The van der Waals surface area contributed by atoms with Gasteiger partial charge in [0.1, 0.15) is 0 Å². The van der Waals surface area contributed by atoms with Gasteiger partial charge in [0, 0.05) is 24.0 Å². The van der Waals surface area contributed by atoms with Gasteiger partial charge >= 0.3 is 0 Å². The van der Waals surface area contributed by atoms with E-state index in [9.17, 15) is 4.79 Å². The van der Waals surface area contributed by atoms with Crippen molar-refractivity contribution in [2.45, 2.75) is 6.92 Å². The Hall–Kier alpha value is -2.07. The van der Waals surface area contributed by atoms with E-state index in [1.54, 1.807) is 30.5 Å². The molecule has 1 heterocycles. The van der Waals surface area contributed by atoms with Crippen molar-refractivity contribution in [3.8, 4) is 0 Å². The highest BCUT2D eigenvalue weighted by molar-refractivity contribution is 6.33. The van der Waals surface area contributed by atoms with Gasteiger partial charge in [0.25, 0.3) is 5.91 Å². The molecule has 2 aromatic rings. The normalized spacial score (nSPS) is 10.0. The number of hydrogen-bond acceptors (Lipinski definition) is 3. The molecule has 4 nitrogen and oxygen atoms in total. The van der Waals surface area contributed by atoms with Gasteiger partial charge in [0.05, 0.1) is 5.02 Å². The van der Waals surface area contributed by atoms with E-state index < -0.39 is 0 Å². The van der Waals surface area contributed by atoms with Gasteiger partial charge in [-0.05, 0) is 43.3 Å². The molecule has 0 unspecified atom stereocenters. The first-order valence-electron chi connectivity index (χ1n) is 5.96. The molecule has 0 aliphatic rings. The second-order valence-corrected chi connectivity index (χ2v) is 4.30. The summed E-state index contributed by atoms with van der Waals surface area (Å²) in [6.07, 6.45) is 1.58. The number of amides is 1. The summed E-state index contributed by atoms with van der Waals surface area (Å²) in [6.45, 7) is 2.86. The summed E-state index contributed by atoms with van der Waals surface area (Å²) in [5, 5.41) is 6.26. The van der Waals surface area contributed by atoms with Crippen LogP contribution in [0.2, 0.25) is 5.02 Å². The van der Waals surface area contributed by atoms with E-state index in [2.05, 4.69) is 15.6 Å². The molecule has 19 heavy (non-hydrogen) atoms. The number of rotatable bonds is 4. The minimum absolute atomic E-state index is 0.233. The van der Waals surface area contributed by atoms with Crippen molar-refractivity contribution in [3.63, 3.8) is 0 Å². The third-order valence-electron chi connectivity index (χ3n) is 2.52. The quantitative estimate of drug-likeness (QED) is 0.899. The Labute approximate surface area is 116 Å². The van der Waals surface area contributed by atoms with Crippen LogP contribution in [0.4, 0.5) is 11.5 Å². The first-order valence-corrected chi connectivity index (χ1v) is 6.34. The molecule has 2 rings (SSSR count). The van der Waals surface area contributed by atoms with Crippen LogP contribution in [-0.4, -0.2) is 17.4 Å². The number of carbonyl (C=O) groups excluding carboxylic acids is 1. The van der Waals surface area contributed by atoms with E-state index in [4.69, 9.17) is 11.6 Å². The van der Waals surface area contributed by atoms with E-state index in [1.165, 1.54) is 0 Å². The molecule has 1 aromatic heterocycles. The van der Waals surface area contributed by atoms with Gasteiger partial charge < -0.3 is 10.6 Å². The van der Waals surface area contributed by atoms with E-state index in [0.29, 0.717) is 16.4 Å². The maximum absolute atomic E-state index is 12.0. The summed E-state index contributed by atoms with van der Waals surface area (Å²) in [7, 11) is 0. The van der Waals surface area contributed by atoms with Crippen LogP contribution in [0.3, 0.4) is 0 Å². The molecule has 0 saturated carbocycles. The van der Waals surface area contributed by atoms with Crippen molar-refractivity contribution in [1.29, 1.82) is 0 Å². The first-order chi connectivity index (χ1) is 9.20. The third-order valence-corrected chi connectivity index (χ3v) is 2.82. The lowest BCUT2D eigenvalue weighted by Crippen LogP contribution is -2.13. The van der Waals surface area contributed by atoms with E-state index in [0.717, 1.165) is 12.2 Å². The molecule has 0 atom stereocenters. The Morgan fingerprint density at radius 1 is 1.26 bits per heavy atom. The van der Waals surface area contributed by atoms with Gasteiger partial charge in [-0.1, -0.05) is 11.6 Å². The van der Waals surface area contributed by atoms with Crippen LogP contribution in [0.15, 0.2) is 42.6 Å². The molecule has 2 N–H and O–H groups in total. The zero-order valence-electron chi connectivity index (χ0n) is 10.5. The molecule has 1 amide bonds. The molecule has 0 fully saturated rings. The van der Waals surface area contributed by atoms with Crippen LogP contribution in [0.1, 0.15) is 17.3 Å². The van der Waals surface area contributed by atoms with Crippen molar-refractivity contribution >= 4 is 29.0 Å². The lowest BCUT2D eigenvalue weighted by Gasteiger charge is -2.07. The van der Waals surface area contributed by atoms with Crippen LogP contribution in [0.5, 0.6) is 0 Å². The Morgan fingerprint density at radius 3 is 2.63 bits per heavy atom. The Kier molecular flexibility index (Phi) is 4.36. The smallest absolute Gasteiger partial charge is 0.256 e. The number of nitrogens with one attached hydrogen (secondary N) is 2. The highest BCUT2D eigenvalue weighted by Gasteiger charge is 2.08. The Morgan fingerprint density at radius 2 is 2.00 bits per heavy atom. The molecule has 5 heteroatoms. The predicted octanol–water partition coefficient (Wildman–Crippen LogP) is 3.42. The number of anilines is 2. The molecule has 0 bridgehead atoms. The highest BCUT2D eigenvalue weighted by Crippen LogP contribution is 2.18. The molecule has 0 saturated heterocycles. The summed E-state index contributed by atoms with van der Waals surface area (Å²) in [5.41, 5.74) is 1.54. The summed E-state index contributed by atoms with van der Waals surface area (Å²) in [6, 6.07) is 10.6. The van der Waals surface area contributed by atoms with Crippen LogP contribution >= 0.6 is 11.6 Å². The predicted molar refractivity (Wildman–Crippen MR) is 77.8 cm³/mol. The summed E-state index contributed by atoms with van der Waals surface area (Å²) >= 11 is 5.94. The number of hydrogen-bond donors (Lipinski definition) is 2. The van der Waals surface area contributed by atoms with Crippen LogP contribution < -0.4 is 10.6 Å². The fourth-order valence-electron chi connectivity index (χ4n) is 1.60. The van der Waals surface area contributed by atoms with Crippen molar-refractivity contribution in [1.82, 2.24) is 4.98 Å². The van der Waals surface area contributed by atoms with Crippen molar-refractivity contribution < 1.29 is 4.79 Å². The molecule has 1 aromatic carbocycles. The molecule has 0 aliphatic heterocycles. The largest absolute Gasteiger partial charge is 0.385 e. The molecule has 98 valence electrons. The molecular formula is C14H14ClN3O. The lowest BCUT2D eigenvalue weighted by molar-refractivity contribution is 0.102. The van der Waals surface area contributed by atoms with Crippen LogP contribution in [-0.2, 0) is 0 Å². The zero-order valence-corrected chi connectivity index (χ0v) is 11.2. The van der Waals surface area contributed by atoms with E-state index >= 15 is 0 Å². The summed E-state index contributed by atoms with van der Waals surface area (Å²) < 4.78 is 0. The molecule has 0 radical (unpaired) electrons. The van der Waals surface area contributed by atoms with Crippen LogP contribution in [0, 0.1) is 0 Å². The average molecular weight is 276 g/mol. The van der Waals surface area contributed by atoms with Crippen molar-refractivity contribution in [3.05, 3.63) is 53.2 Å². The van der Waals surface area contributed by atoms with Crippen molar-refractivity contribution in [2.24, 2.45) is 0 Å². The molecular weight excluding hydrogens is 262 g/mol. The number of nitrogens with zero attached hydrogens (tertiary/aromatic N) is 1. The maximum atomic E-state index is 12.0. The maximum Gasteiger partial charge on any atom is 0.256 e. The van der Waals surface area contributed by atoms with Crippen molar-refractivity contribution in [2.75, 3.05) is 17.2 Å². The SMILES string of the molecule is CCNc1ccc(C(=O)Nc2ncccc2Cl)cc1. The standard InChI is InChI=1S/C14H14ClN3O/c1-2-16-11-7-5-10(6-8-11)14(19)18-13-12(15)4-3-9-17-13/h3-9,16H,2H2,1H3,(H,17,18,19). The minimum atomic E-state index is -0.233. The average Bonchev–Trinajstić information content (AvgIpc) is 2.42. The van der Waals surface area contributed by atoms with Crippen LogP contribution in [0.25, 0.3) is 0 Å². The number of pyridine rings is 1. The summed E-state index contributed by atoms with van der Waals surface area (Å²) in [4.78, 5) is 16.0. The first kappa shape index (κ1) is 13.4. The topological polar surface area (TPSA) is 54.0 Å². The van der Waals surface area contributed by atoms with E-state index in [-0.39, 0.29) is 5.91 Å². The second-order valence-electron chi connectivity index (χ2n) is 3.90. The van der Waals surface area contributed by atoms with Gasteiger partial charge in [-0.25, -0.2) is 4.98 Å². The fraction of sp³-hybridized carbons (Fsp3) is 0.143.